The molecule has 3 aliphatic rings. The van der Waals surface area contributed by atoms with Crippen molar-refractivity contribution in [1.29, 1.82) is 0 Å². The van der Waals surface area contributed by atoms with Crippen LogP contribution in [0.4, 0.5) is 0 Å². The van der Waals surface area contributed by atoms with Crippen molar-refractivity contribution in [3.05, 3.63) is 35.9 Å². The molecule has 1 saturated heterocycles. The Morgan fingerprint density at radius 3 is 2.85 bits per heavy atom. The summed E-state index contributed by atoms with van der Waals surface area (Å²) in [6, 6.07) is 0.0377. The molecule has 1 unspecified atom stereocenters. The summed E-state index contributed by atoms with van der Waals surface area (Å²) in [5, 5.41) is 0. The highest BCUT2D eigenvalue weighted by molar-refractivity contribution is 5.93. The summed E-state index contributed by atoms with van der Waals surface area (Å²) in [5.74, 6) is 3.02. The highest BCUT2D eigenvalue weighted by Gasteiger charge is 2.51. The number of rotatable bonds is 4. The Kier molecular flexibility index (Phi) is 3.92. The Bertz CT molecular complexity index is 860. The average molecular weight is 367 g/mol. The molecular weight excluding hydrogens is 338 g/mol. The van der Waals surface area contributed by atoms with E-state index in [0.29, 0.717) is 0 Å². The monoisotopic (exact) mass is 367 g/mol. The predicted molar refractivity (Wildman–Crippen MR) is 102 cm³/mol. The van der Waals surface area contributed by atoms with Gasteiger partial charge in [0.05, 0.1) is 12.2 Å². The number of amides is 1. The van der Waals surface area contributed by atoms with Gasteiger partial charge in [-0.1, -0.05) is 20.3 Å². The maximum atomic E-state index is 13.4. The molecule has 2 aromatic heterocycles. The summed E-state index contributed by atoms with van der Waals surface area (Å²) in [4.78, 5) is 24.7. The van der Waals surface area contributed by atoms with E-state index in [1.54, 1.807) is 6.20 Å². The average Bonchev–Trinajstić information content (AvgIpc) is 3.28. The summed E-state index contributed by atoms with van der Waals surface area (Å²) in [6.45, 7) is 7.21. The van der Waals surface area contributed by atoms with Gasteiger partial charge in [-0.15, -0.1) is 0 Å². The summed E-state index contributed by atoms with van der Waals surface area (Å²) in [6.07, 6.45) is 12.9. The van der Waals surface area contributed by atoms with E-state index in [1.165, 1.54) is 25.7 Å². The molecular formula is C21H29N5O. The van der Waals surface area contributed by atoms with Crippen LogP contribution in [-0.4, -0.2) is 36.5 Å². The number of carbonyl (C=O) groups is 1. The number of fused-ring (bicyclic) bond motifs is 1. The fourth-order valence-corrected chi connectivity index (χ4v) is 4.82. The van der Waals surface area contributed by atoms with Crippen LogP contribution < -0.4 is 0 Å². The first kappa shape index (κ1) is 17.0. The van der Waals surface area contributed by atoms with Crippen LogP contribution in [-0.2, 0) is 19.5 Å². The first-order valence-corrected chi connectivity index (χ1v) is 10.4. The highest BCUT2D eigenvalue weighted by Crippen LogP contribution is 2.48. The minimum absolute atomic E-state index is 0.0377. The molecule has 0 radical (unpaired) electrons. The van der Waals surface area contributed by atoms with Gasteiger partial charge in [-0.25, -0.2) is 9.97 Å². The van der Waals surface area contributed by atoms with E-state index in [0.717, 1.165) is 55.7 Å². The van der Waals surface area contributed by atoms with Gasteiger partial charge in [0.2, 0.25) is 0 Å². The van der Waals surface area contributed by atoms with Crippen LogP contribution in [0, 0.1) is 11.3 Å². The largest absolute Gasteiger partial charge is 0.333 e. The first-order valence-electron chi connectivity index (χ1n) is 10.4. The SMILES string of the molecule is CC1(C)CN(C(=O)c2cnc3n2CCCCC3)C1c1nccn1CC1CC1. The van der Waals surface area contributed by atoms with Crippen LogP contribution in [0.5, 0.6) is 0 Å². The van der Waals surface area contributed by atoms with Crippen LogP contribution in [0.2, 0.25) is 0 Å². The predicted octanol–water partition coefficient (Wildman–Crippen LogP) is 3.44. The number of imidazole rings is 2. The molecule has 1 atom stereocenters. The number of hydrogen-bond acceptors (Lipinski definition) is 3. The number of hydrogen-bond donors (Lipinski definition) is 0. The van der Waals surface area contributed by atoms with E-state index >= 15 is 0 Å². The van der Waals surface area contributed by atoms with Crippen LogP contribution in [0.15, 0.2) is 18.6 Å². The fourth-order valence-electron chi connectivity index (χ4n) is 4.82. The van der Waals surface area contributed by atoms with Crippen LogP contribution in [0.3, 0.4) is 0 Å². The van der Waals surface area contributed by atoms with Gasteiger partial charge in [0, 0.05) is 43.9 Å². The van der Waals surface area contributed by atoms with Crippen molar-refractivity contribution < 1.29 is 4.79 Å². The maximum Gasteiger partial charge on any atom is 0.272 e. The molecule has 2 fully saturated rings. The molecule has 0 spiro atoms. The van der Waals surface area contributed by atoms with E-state index in [4.69, 9.17) is 0 Å². The molecule has 0 N–H and O–H groups in total. The lowest BCUT2D eigenvalue weighted by atomic mass is 9.74. The smallest absolute Gasteiger partial charge is 0.272 e. The normalized spacial score (nSPS) is 24.2. The van der Waals surface area contributed by atoms with E-state index in [9.17, 15) is 4.79 Å². The Morgan fingerprint density at radius 2 is 2.07 bits per heavy atom. The zero-order valence-electron chi connectivity index (χ0n) is 16.4. The molecule has 1 aliphatic carbocycles. The summed E-state index contributed by atoms with van der Waals surface area (Å²) in [5.41, 5.74) is 0.803. The molecule has 1 amide bonds. The third-order valence-electron chi connectivity index (χ3n) is 6.47. The lowest BCUT2D eigenvalue weighted by Gasteiger charge is -2.53. The maximum absolute atomic E-state index is 13.4. The van der Waals surface area contributed by atoms with Gasteiger partial charge in [0.15, 0.2) is 0 Å². The van der Waals surface area contributed by atoms with Crippen molar-refractivity contribution in [2.45, 2.75) is 71.5 Å². The van der Waals surface area contributed by atoms with Gasteiger partial charge in [0.1, 0.15) is 17.3 Å². The van der Waals surface area contributed by atoms with Gasteiger partial charge in [0.25, 0.3) is 5.91 Å². The standard InChI is InChI=1S/C21H29N5O/c1-21(2)14-26(18(21)19-22-9-11-24(19)13-15-7-8-15)20(27)16-12-23-17-6-4-3-5-10-25(16)17/h9,11-12,15,18H,3-8,10,13-14H2,1-2H3. The molecule has 144 valence electrons. The van der Waals surface area contributed by atoms with Gasteiger partial charge in [-0.2, -0.15) is 0 Å². The lowest BCUT2D eigenvalue weighted by Crippen LogP contribution is -2.58. The number of likely N-dealkylation sites (tertiary alicyclic amines) is 1. The molecule has 0 aromatic carbocycles. The third kappa shape index (κ3) is 2.89. The van der Waals surface area contributed by atoms with Gasteiger partial charge in [-0.3, -0.25) is 4.79 Å². The Hall–Kier alpha value is -2.11. The Balaban J connectivity index is 1.44. The molecule has 0 bridgehead atoms. The molecule has 2 aromatic rings. The highest BCUT2D eigenvalue weighted by atomic mass is 16.2. The molecule has 5 rings (SSSR count). The van der Waals surface area contributed by atoms with E-state index < -0.39 is 0 Å². The first-order chi connectivity index (χ1) is 13.0. The number of aromatic nitrogens is 4. The zero-order chi connectivity index (χ0) is 18.6. The number of carbonyl (C=O) groups excluding carboxylic acids is 1. The van der Waals surface area contributed by atoms with E-state index in [1.807, 2.05) is 11.1 Å². The minimum Gasteiger partial charge on any atom is -0.333 e. The second-order valence-corrected chi connectivity index (χ2v) is 9.23. The quantitative estimate of drug-likeness (QED) is 0.832. The fraction of sp³-hybridized carbons (Fsp3) is 0.667. The van der Waals surface area contributed by atoms with Crippen molar-refractivity contribution in [3.8, 4) is 0 Å². The molecule has 2 aliphatic heterocycles. The van der Waals surface area contributed by atoms with E-state index in [-0.39, 0.29) is 17.4 Å². The second kappa shape index (κ2) is 6.21. The summed E-state index contributed by atoms with van der Waals surface area (Å²) < 4.78 is 4.44. The van der Waals surface area contributed by atoms with E-state index in [2.05, 4.69) is 39.1 Å². The molecule has 4 heterocycles. The summed E-state index contributed by atoms with van der Waals surface area (Å²) in [7, 11) is 0. The molecule has 27 heavy (non-hydrogen) atoms. The Morgan fingerprint density at radius 1 is 1.22 bits per heavy atom. The number of nitrogens with zero attached hydrogens (tertiary/aromatic N) is 5. The third-order valence-corrected chi connectivity index (χ3v) is 6.47. The molecule has 1 saturated carbocycles. The van der Waals surface area contributed by atoms with Crippen molar-refractivity contribution in [2.75, 3.05) is 6.54 Å². The summed E-state index contributed by atoms with van der Waals surface area (Å²) >= 11 is 0. The molecule has 6 nitrogen and oxygen atoms in total. The van der Waals surface area contributed by atoms with Crippen molar-refractivity contribution in [3.63, 3.8) is 0 Å². The topological polar surface area (TPSA) is 56.0 Å². The van der Waals surface area contributed by atoms with Crippen molar-refractivity contribution >= 4 is 5.91 Å². The van der Waals surface area contributed by atoms with Crippen LogP contribution in [0.1, 0.15) is 74.1 Å². The Labute approximate surface area is 160 Å². The van der Waals surface area contributed by atoms with Gasteiger partial charge >= 0.3 is 0 Å². The van der Waals surface area contributed by atoms with Gasteiger partial charge in [-0.05, 0) is 31.6 Å². The lowest BCUT2D eigenvalue weighted by molar-refractivity contribution is -0.0386. The van der Waals surface area contributed by atoms with Crippen molar-refractivity contribution in [1.82, 2.24) is 24.0 Å². The van der Waals surface area contributed by atoms with Gasteiger partial charge < -0.3 is 14.0 Å². The number of aryl methyl sites for hydroxylation is 1. The second-order valence-electron chi connectivity index (χ2n) is 9.23. The zero-order valence-corrected chi connectivity index (χ0v) is 16.4. The minimum atomic E-state index is 0.0377. The molecule has 6 heteroatoms. The van der Waals surface area contributed by atoms with Crippen molar-refractivity contribution in [2.24, 2.45) is 11.3 Å². The van der Waals surface area contributed by atoms with Crippen LogP contribution in [0.25, 0.3) is 0 Å². The van der Waals surface area contributed by atoms with Crippen LogP contribution >= 0.6 is 0 Å².